The molecule has 0 saturated heterocycles. The van der Waals surface area contributed by atoms with Gasteiger partial charge >= 0.3 is 6.18 Å². The molecule has 0 heterocycles. The number of benzene rings is 2. The molecule has 0 amide bonds. The highest BCUT2D eigenvalue weighted by Crippen LogP contribution is 2.33. The molecule has 18 heavy (non-hydrogen) atoms. The second kappa shape index (κ2) is 4.76. The van der Waals surface area contributed by atoms with Crippen LogP contribution in [0.1, 0.15) is 0 Å². The van der Waals surface area contributed by atoms with Gasteiger partial charge in [0, 0.05) is 10.8 Å². The predicted octanol–water partition coefficient (Wildman–Crippen LogP) is 3.79. The quantitative estimate of drug-likeness (QED) is 0.831. The highest BCUT2D eigenvalue weighted by atomic mass is 19.4. The largest absolute Gasteiger partial charge is 0.496 e. The Bertz CT molecular complexity index is 549. The number of alkyl halides is 3. The fraction of sp³-hybridized carbons (Fsp3) is 0.231. The van der Waals surface area contributed by atoms with Crippen molar-refractivity contribution in [1.29, 1.82) is 0 Å². The summed E-state index contributed by atoms with van der Waals surface area (Å²) in [5.41, 5.74) is 0. The normalized spacial score (nSPS) is 11.6. The maximum absolute atomic E-state index is 12.1. The summed E-state index contributed by atoms with van der Waals surface area (Å²) in [6, 6.07) is 10.1. The summed E-state index contributed by atoms with van der Waals surface area (Å²) in [5.74, 6) is 0.800. The molecule has 0 fully saturated rings. The number of fused-ring (bicyclic) bond motifs is 1. The Morgan fingerprint density at radius 3 is 2.06 bits per heavy atom. The Morgan fingerprint density at radius 1 is 0.944 bits per heavy atom. The Labute approximate surface area is 102 Å². The van der Waals surface area contributed by atoms with E-state index in [0.717, 1.165) is 5.39 Å². The molecule has 0 aliphatic heterocycles. The van der Waals surface area contributed by atoms with Crippen LogP contribution in [0.15, 0.2) is 36.4 Å². The lowest BCUT2D eigenvalue weighted by Gasteiger charge is -2.13. The summed E-state index contributed by atoms with van der Waals surface area (Å²) < 4.78 is 46.4. The monoisotopic (exact) mass is 256 g/mol. The summed E-state index contributed by atoms with van der Waals surface area (Å²) in [6.45, 7) is -1.30. The van der Waals surface area contributed by atoms with Crippen LogP contribution in [-0.4, -0.2) is 19.9 Å². The van der Waals surface area contributed by atoms with E-state index in [-0.39, 0.29) is 5.75 Å². The van der Waals surface area contributed by atoms with Gasteiger partial charge in [-0.15, -0.1) is 0 Å². The molecule has 2 nitrogen and oxygen atoms in total. The summed E-state index contributed by atoms with van der Waals surface area (Å²) in [4.78, 5) is 0. The number of methoxy groups -OCH3 is 1. The van der Waals surface area contributed by atoms with Gasteiger partial charge < -0.3 is 9.47 Å². The molecule has 0 saturated carbocycles. The van der Waals surface area contributed by atoms with Gasteiger partial charge in [0.1, 0.15) is 11.5 Å². The number of hydrogen-bond acceptors (Lipinski definition) is 2. The van der Waals surface area contributed by atoms with Crippen molar-refractivity contribution in [2.24, 2.45) is 0 Å². The lowest BCUT2D eigenvalue weighted by Crippen LogP contribution is -2.19. The lowest BCUT2D eigenvalue weighted by molar-refractivity contribution is -0.153. The molecule has 0 aromatic heterocycles. The minimum absolute atomic E-state index is 0.198. The van der Waals surface area contributed by atoms with Gasteiger partial charge in [0.05, 0.1) is 7.11 Å². The highest BCUT2D eigenvalue weighted by molar-refractivity contribution is 5.93. The first-order valence-electron chi connectivity index (χ1n) is 5.26. The van der Waals surface area contributed by atoms with Crippen LogP contribution in [0, 0.1) is 0 Å². The zero-order chi connectivity index (χ0) is 13.2. The van der Waals surface area contributed by atoms with Crippen molar-refractivity contribution in [2.75, 3.05) is 13.7 Å². The Balaban J connectivity index is 2.40. The molecule has 2 aromatic carbocycles. The van der Waals surface area contributed by atoms with Gasteiger partial charge in [-0.1, -0.05) is 24.3 Å². The molecule has 0 atom stereocenters. The van der Waals surface area contributed by atoms with Gasteiger partial charge in [0.15, 0.2) is 6.61 Å². The number of hydrogen-bond donors (Lipinski definition) is 0. The van der Waals surface area contributed by atoms with E-state index in [1.54, 1.807) is 30.3 Å². The van der Waals surface area contributed by atoms with E-state index in [2.05, 4.69) is 0 Å². The van der Waals surface area contributed by atoms with E-state index in [4.69, 9.17) is 9.47 Å². The van der Waals surface area contributed by atoms with Crippen molar-refractivity contribution in [1.82, 2.24) is 0 Å². The van der Waals surface area contributed by atoms with Gasteiger partial charge in [-0.3, -0.25) is 0 Å². The minimum atomic E-state index is -4.35. The lowest BCUT2D eigenvalue weighted by atomic mass is 10.1. The molecular weight excluding hydrogens is 245 g/mol. The van der Waals surface area contributed by atoms with Crippen LogP contribution < -0.4 is 9.47 Å². The molecule has 0 N–H and O–H groups in total. The van der Waals surface area contributed by atoms with Crippen LogP contribution in [0.3, 0.4) is 0 Å². The third-order valence-electron chi connectivity index (χ3n) is 2.46. The van der Waals surface area contributed by atoms with Gasteiger partial charge in [0.2, 0.25) is 0 Å². The second-order valence-corrected chi connectivity index (χ2v) is 3.72. The van der Waals surface area contributed by atoms with Crippen molar-refractivity contribution in [3.63, 3.8) is 0 Å². The minimum Gasteiger partial charge on any atom is -0.496 e. The number of rotatable bonds is 3. The maximum atomic E-state index is 12.1. The van der Waals surface area contributed by atoms with Gasteiger partial charge in [-0.2, -0.15) is 13.2 Å². The SMILES string of the molecule is COc1ccc(OCC(F)(F)F)c2ccccc12. The Hall–Kier alpha value is -1.91. The Morgan fingerprint density at radius 2 is 1.50 bits per heavy atom. The molecule has 0 aliphatic rings. The van der Waals surface area contributed by atoms with Gasteiger partial charge in [-0.05, 0) is 12.1 Å². The smallest absolute Gasteiger partial charge is 0.422 e. The van der Waals surface area contributed by atoms with E-state index in [1.807, 2.05) is 0 Å². The van der Waals surface area contributed by atoms with E-state index in [1.165, 1.54) is 13.2 Å². The van der Waals surface area contributed by atoms with Gasteiger partial charge in [0.25, 0.3) is 0 Å². The predicted molar refractivity (Wildman–Crippen MR) is 62.1 cm³/mol. The van der Waals surface area contributed by atoms with E-state index in [9.17, 15) is 13.2 Å². The van der Waals surface area contributed by atoms with Crippen molar-refractivity contribution in [3.05, 3.63) is 36.4 Å². The highest BCUT2D eigenvalue weighted by Gasteiger charge is 2.28. The number of halogens is 3. The molecule has 2 aromatic rings. The molecule has 2 rings (SSSR count). The first-order valence-corrected chi connectivity index (χ1v) is 5.26. The summed E-state index contributed by atoms with van der Waals surface area (Å²) in [7, 11) is 1.51. The van der Waals surface area contributed by atoms with E-state index >= 15 is 0 Å². The van der Waals surface area contributed by atoms with Crippen LogP contribution in [0.25, 0.3) is 10.8 Å². The summed E-state index contributed by atoms with van der Waals surface area (Å²) >= 11 is 0. The summed E-state index contributed by atoms with van der Waals surface area (Å²) in [5, 5.41) is 1.32. The standard InChI is InChI=1S/C13H11F3O2/c1-17-11-6-7-12(18-8-13(14,15)16)10-5-3-2-4-9(10)11/h2-7H,8H2,1H3. The topological polar surface area (TPSA) is 18.5 Å². The molecule has 0 aliphatic carbocycles. The second-order valence-electron chi connectivity index (χ2n) is 3.72. The number of ether oxygens (including phenoxy) is 2. The third-order valence-corrected chi connectivity index (χ3v) is 2.46. The van der Waals surface area contributed by atoms with Crippen molar-refractivity contribution in [3.8, 4) is 11.5 Å². The van der Waals surface area contributed by atoms with Crippen molar-refractivity contribution >= 4 is 10.8 Å². The summed E-state index contributed by atoms with van der Waals surface area (Å²) in [6.07, 6.45) is -4.35. The molecule has 0 spiro atoms. The molecule has 0 bridgehead atoms. The van der Waals surface area contributed by atoms with Crippen LogP contribution in [0.2, 0.25) is 0 Å². The van der Waals surface area contributed by atoms with Crippen LogP contribution in [0.5, 0.6) is 11.5 Å². The molecule has 5 heteroatoms. The zero-order valence-corrected chi connectivity index (χ0v) is 9.62. The van der Waals surface area contributed by atoms with Crippen LogP contribution in [0.4, 0.5) is 13.2 Å². The van der Waals surface area contributed by atoms with Crippen molar-refractivity contribution in [2.45, 2.75) is 6.18 Å². The molecular formula is C13H11F3O2. The average Bonchev–Trinajstić information content (AvgIpc) is 2.35. The van der Waals surface area contributed by atoms with Gasteiger partial charge in [-0.25, -0.2) is 0 Å². The third kappa shape index (κ3) is 2.67. The molecule has 0 unspecified atom stereocenters. The first kappa shape index (κ1) is 12.5. The van der Waals surface area contributed by atoms with Crippen LogP contribution >= 0.6 is 0 Å². The van der Waals surface area contributed by atoms with E-state index < -0.39 is 12.8 Å². The van der Waals surface area contributed by atoms with E-state index in [0.29, 0.717) is 11.1 Å². The molecule has 96 valence electrons. The fourth-order valence-electron chi connectivity index (χ4n) is 1.71. The molecule has 0 radical (unpaired) electrons. The fourth-order valence-corrected chi connectivity index (χ4v) is 1.71. The average molecular weight is 256 g/mol. The van der Waals surface area contributed by atoms with Crippen molar-refractivity contribution < 1.29 is 22.6 Å². The Kier molecular flexibility index (Phi) is 3.32. The van der Waals surface area contributed by atoms with Crippen LogP contribution in [-0.2, 0) is 0 Å². The zero-order valence-electron chi connectivity index (χ0n) is 9.62. The first-order chi connectivity index (χ1) is 8.51. The maximum Gasteiger partial charge on any atom is 0.422 e.